The van der Waals surface area contributed by atoms with Gasteiger partial charge in [0.25, 0.3) is 0 Å². The van der Waals surface area contributed by atoms with E-state index in [0.717, 1.165) is 0 Å². The summed E-state index contributed by atoms with van der Waals surface area (Å²) in [6.07, 6.45) is 0. The Morgan fingerprint density at radius 2 is 0.500 bits per heavy atom. The monoisotopic (exact) mass is 242 g/mol. The second-order valence-corrected chi connectivity index (χ2v) is 0. The van der Waals surface area contributed by atoms with E-state index in [-0.39, 0.29) is 68.8 Å². The SMILES string of the molecule is [Fe].[Fe].[Fe].[Ge]. The van der Waals surface area contributed by atoms with Gasteiger partial charge in [0.1, 0.15) is 0 Å². The quantitative estimate of drug-likeness (QED) is 0.506. The van der Waals surface area contributed by atoms with Crippen molar-refractivity contribution in [1.82, 2.24) is 0 Å². The number of hydrogen-bond donors (Lipinski definition) is 0. The van der Waals surface area contributed by atoms with Crippen molar-refractivity contribution in [3.8, 4) is 0 Å². The molecule has 0 aliphatic carbocycles. The maximum Gasteiger partial charge on any atom is 0 e. The van der Waals surface area contributed by atoms with E-state index in [0.29, 0.717) is 0 Å². The third-order valence-electron chi connectivity index (χ3n) is 0. The molecule has 0 unspecified atom stereocenters. The fraction of sp³-hybridized carbons (Fsp3) is 0. The first kappa shape index (κ1) is 36.0. The molecule has 0 fully saturated rings. The average Bonchev–Trinajstić information content (AvgIpc) is 0. The summed E-state index contributed by atoms with van der Waals surface area (Å²) in [6, 6.07) is 0. The Hall–Kier alpha value is 2.10. The van der Waals surface area contributed by atoms with Crippen LogP contribution in [0.1, 0.15) is 0 Å². The molecule has 0 bridgehead atoms. The maximum absolute atomic E-state index is 0. The zero-order valence-corrected chi connectivity index (χ0v) is 6.97. The molecule has 4 heteroatoms. The third-order valence-corrected chi connectivity index (χ3v) is 0. The molecule has 0 N–H and O–H groups in total. The van der Waals surface area contributed by atoms with Gasteiger partial charge >= 0.3 is 0 Å². The van der Waals surface area contributed by atoms with Gasteiger partial charge < -0.3 is 0 Å². The van der Waals surface area contributed by atoms with Gasteiger partial charge in [0.15, 0.2) is 0 Å². The number of rotatable bonds is 0. The topological polar surface area (TPSA) is 0 Å². The third kappa shape index (κ3) is 8.93. The van der Waals surface area contributed by atoms with E-state index in [1.807, 2.05) is 0 Å². The van der Waals surface area contributed by atoms with Crippen LogP contribution >= 0.6 is 0 Å². The van der Waals surface area contributed by atoms with E-state index in [1.54, 1.807) is 0 Å². The minimum Gasteiger partial charge on any atom is 0 e. The standard InChI is InChI=1S/3Fe.Ge. The van der Waals surface area contributed by atoms with Crippen molar-refractivity contribution in [3.63, 3.8) is 0 Å². The van der Waals surface area contributed by atoms with Crippen LogP contribution in [0, 0.1) is 0 Å². The van der Waals surface area contributed by atoms with E-state index in [9.17, 15) is 0 Å². The molecule has 0 amide bonds. The Labute approximate surface area is 68.3 Å². The van der Waals surface area contributed by atoms with Gasteiger partial charge in [-0.3, -0.25) is 0 Å². The van der Waals surface area contributed by atoms with Gasteiger partial charge in [-0.2, -0.15) is 0 Å². The van der Waals surface area contributed by atoms with Crippen molar-refractivity contribution < 1.29 is 51.2 Å². The van der Waals surface area contributed by atoms with E-state index >= 15 is 0 Å². The van der Waals surface area contributed by atoms with Gasteiger partial charge in [-0.15, -0.1) is 0 Å². The molecule has 0 saturated carbocycles. The molecule has 0 heterocycles. The Morgan fingerprint density at radius 3 is 0.500 bits per heavy atom. The fourth-order valence-electron chi connectivity index (χ4n) is 0. The summed E-state index contributed by atoms with van der Waals surface area (Å²) in [5, 5.41) is 0. The van der Waals surface area contributed by atoms with Crippen molar-refractivity contribution in [1.29, 1.82) is 0 Å². The summed E-state index contributed by atoms with van der Waals surface area (Å²) in [5.74, 6) is 0. The average molecular weight is 240 g/mol. The van der Waals surface area contributed by atoms with Crippen LogP contribution in [0.2, 0.25) is 0 Å². The molecule has 28 valence electrons. The number of hydrogen-bond acceptors (Lipinski definition) is 0. The second-order valence-electron chi connectivity index (χ2n) is 0. The largest absolute Gasteiger partial charge is 0 e. The van der Waals surface area contributed by atoms with Crippen LogP contribution in [0.5, 0.6) is 0 Å². The molecule has 4 radical (unpaired) electrons. The second kappa shape index (κ2) is 19.4. The predicted molar refractivity (Wildman–Crippen MR) is 5.75 cm³/mol. The fourth-order valence-corrected chi connectivity index (χ4v) is 0. The first-order valence-electron chi connectivity index (χ1n) is 0. The van der Waals surface area contributed by atoms with Crippen molar-refractivity contribution in [2.45, 2.75) is 0 Å². The van der Waals surface area contributed by atoms with Crippen LogP contribution < -0.4 is 0 Å². The van der Waals surface area contributed by atoms with Gasteiger partial charge in [0.05, 0.1) is 0 Å². The summed E-state index contributed by atoms with van der Waals surface area (Å²) < 4.78 is 0. The van der Waals surface area contributed by atoms with Crippen molar-refractivity contribution >= 4 is 17.6 Å². The normalized spacial score (nSPS) is 0. The molecule has 0 spiro atoms. The Kier molecular flexibility index (Phi) is 175. The maximum atomic E-state index is 0. The van der Waals surface area contributed by atoms with Gasteiger partial charge in [0, 0.05) is 68.8 Å². The molecule has 0 aromatic carbocycles. The first-order chi connectivity index (χ1) is 0. The molecule has 0 nitrogen and oxygen atoms in total. The minimum absolute atomic E-state index is 0. The van der Waals surface area contributed by atoms with Crippen molar-refractivity contribution in [3.05, 3.63) is 0 Å². The summed E-state index contributed by atoms with van der Waals surface area (Å²) in [7, 11) is 0. The molecule has 0 saturated heterocycles. The van der Waals surface area contributed by atoms with Crippen LogP contribution in [-0.2, 0) is 51.2 Å². The molecule has 0 rings (SSSR count). The first-order valence-corrected chi connectivity index (χ1v) is 0. The van der Waals surface area contributed by atoms with Gasteiger partial charge in [-0.25, -0.2) is 0 Å². The van der Waals surface area contributed by atoms with E-state index in [2.05, 4.69) is 0 Å². The molecule has 0 aromatic heterocycles. The summed E-state index contributed by atoms with van der Waals surface area (Å²) in [6.45, 7) is 0. The van der Waals surface area contributed by atoms with E-state index in [1.165, 1.54) is 0 Å². The predicted octanol–water partition coefficient (Wildman–Crippen LogP) is -0.388. The van der Waals surface area contributed by atoms with Crippen LogP contribution in [0.15, 0.2) is 0 Å². The minimum atomic E-state index is 0. The molecule has 4 heavy (non-hydrogen) atoms. The van der Waals surface area contributed by atoms with E-state index in [4.69, 9.17) is 0 Å². The van der Waals surface area contributed by atoms with Gasteiger partial charge in [-0.05, 0) is 0 Å². The van der Waals surface area contributed by atoms with Crippen LogP contribution in [0.25, 0.3) is 0 Å². The van der Waals surface area contributed by atoms with Gasteiger partial charge in [0.2, 0.25) is 0 Å². The van der Waals surface area contributed by atoms with Gasteiger partial charge in [-0.1, -0.05) is 0 Å². The smallest absolute Gasteiger partial charge is 0 e. The molecule has 0 aliphatic rings. The summed E-state index contributed by atoms with van der Waals surface area (Å²) in [5.41, 5.74) is 0. The molecule has 0 atom stereocenters. The Bertz CT molecular complexity index is 3.25. The zero-order valence-electron chi connectivity index (χ0n) is 1.56. The molecular weight excluding hydrogens is 240 g/mol. The molecule has 0 aromatic rings. The zero-order chi connectivity index (χ0) is 0. The van der Waals surface area contributed by atoms with Crippen molar-refractivity contribution in [2.75, 3.05) is 0 Å². The van der Waals surface area contributed by atoms with Crippen LogP contribution in [0.3, 0.4) is 0 Å². The summed E-state index contributed by atoms with van der Waals surface area (Å²) >= 11 is 0. The summed E-state index contributed by atoms with van der Waals surface area (Å²) in [4.78, 5) is 0. The molecular formula is Fe3Ge. The Morgan fingerprint density at radius 1 is 0.500 bits per heavy atom. The molecule has 0 aliphatic heterocycles. The van der Waals surface area contributed by atoms with Crippen LogP contribution in [0.4, 0.5) is 0 Å². The van der Waals surface area contributed by atoms with Crippen molar-refractivity contribution in [2.24, 2.45) is 0 Å². The van der Waals surface area contributed by atoms with E-state index < -0.39 is 0 Å². The van der Waals surface area contributed by atoms with Crippen LogP contribution in [-0.4, -0.2) is 17.6 Å². The Balaban J connectivity index is 0.